The summed E-state index contributed by atoms with van der Waals surface area (Å²) in [4.78, 5) is 38.9. The number of thiocarbonyl (C=S) groups is 1. The lowest BCUT2D eigenvalue weighted by molar-refractivity contribution is -0.141. The summed E-state index contributed by atoms with van der Waals surface area (Å²) in [6.07, 6.45) is 3.14. The lowest BCUT2D eigenvalue weighted by atomic mass is 10.1. The summed E-state index contributed by atoms with van der Waals surface area (Å²) in [5.74, 6) is -1.71. The molecule has 0 unspecified atom stereocenters. The number of esters is 1. The summed E-state index contributed by atoms with van der Waals surface area (Å²) in [5.41, 5.74) is 1.44. The number of halogens is 2. The highest BCUT2D eigenvalue weighted by molar-refractivity contribution is 7.80. The van der Waals surface area contributed by atoms with Gasteiger partial charge < -0.3 is 9.30 Å². The van der Waals surface area contributed by atoms with Crippen LogP contribution in [0.25, 0.3) is 17.0 Å². The first-order valence-electron chi connectivity index (χ1n) is 9.32. The first-order valence-corrected chi connectivity index (χ1v) is 10.5. The van der Waals surface area contributed by atoms with Crippen LogP contribution < -0.4 is 10.2 Å². The van der Waals surface area contributed by atoms with Gasteiger partial charge >= 0.3 is 5.97 Å². The minimum absolute atomic E-state index is 0.0192. The second kappa shape index (κ2) is 8.74. The molecule has 0 radical (unpaired) electrons. The summed E-state index contributed by atoms with van der Waals surface area (Å²) in [6, 6.07) is 12.1. The van der Waals surface area contributed by atoms with Crippen LogP contribution in [0.3, 0.4) is 0 Å². The number of nitrogens with one attached hydrogen (secondary N) is 1. The summed E-state index contributed by atoms with van der Waals surface area (Å²) < 4.78 is 6.44. The summed E-state index contributed by atoms with van der Waals surface area (Å²) in [7, 11) is 1.31. The molecule has 2 aromatic carbocycles. The van der Waals surface area contributed by atoms with Crippen molar-refractivity contribution >= 4 is 81.0 Å². The molecule has 0 saturated carbocycles. The van der Waals surface area contributed by atoms with E-state index in [-0.39, 0.29) is 33.0 Å². The molecular weight excluding hydrogens is 473 g/mol. The monoisotopic (exact) mass is 487 g/mol. The fourth-order valence-electron chi connectivity index (χ4n) is 3.42. The molecular formula is C22H15Cl2N3O4S. The molecule has 1 aromatic heterocycles. The number of aromatic nitrogens is 1. The molecule has 1 fully saturated rings. The largest absolute Gasteiger partial charge is 0.468 e. The van der Waals surface area contributed by atoms with E-state index in [1.54, 1.807) is 29.0 Å². The van der Waals surface area contributed by atoms with Gasteiger partial charge in [-0.3, -0.25) is 24.6 Å². The number of carbonyl (C=O) groups is 3. The molecule has 3 aromatic rings. The molecule has 162 valence electrons. The Morgan fingerprint density at radius 2 is 1.91 bits per heavy atom. The SMILES string of the molecule is COC(=O)Cn1cc(C=C2C(=O)NC(=S)N(c3cccc(Cl)c3Cl)C2=O)c2ccccc21. The Morgan fingerprint density at radius 1 is 1.16 bits per heavy atom. The number of para-hydroxylation sites is 1. The number of amides is 2. The number of ether oxygens (including phenoxy) is 1. The van der Waals surface area contributed by atoms with E-state index in [4.69, 9.17) is 40.2 Å². The number of benzene rings is 2. The average molecular weight is 488 g/mol. The van der Waals surface area contributed by atoms with Crippen LogP contribution in [0.1, 0.15) is 5.56 Å². The third-order valence-corrected chi connectivity index (χ3v) is 6.01. The van der Waals surface area contributed by atoms with Crippen molar-refractivity contribution in [1.82, 2.24) is 9.88 Å². The summed E-state index contributed by atoms with van der Waals surface area (Å²) in [5, 5.41) is 3.55. The smallest absolute Gasteiger partial charge is 0.325 e. The van der Waals surface area contributed by atoms with Crippen LogP contribution in [-0.4, -0.2) is 34.6 Å². The predicted octanol–water partition coefficient (Wildman–Crippen LogP) is 3.95. The zero-order valence-corrected chi connectivity index (χ0v) is 18.9. The second-order valence-corrected chi connectivity index (χ2v) is 8.01. The number of fused-ring (bicyclic) bond motifs is 1. The van der Waals surface area contributed by atoms with Gasteiger partial charge in [0.05, 0.1) is 22.8 Å². The van der Waals surface area contributed by atoms with Crippen LogP contribution in [-0.2, 0) is 25.7 Å². The zero-order valence-electron chi connectivity index (χ0n) is 16.6. The molecule has 1 N–H and O–H groups in total. The Balaban J connectivity index is 1.81. The number of nitrogens with zero attached hydrogens (tertiary/aromatic N) is 2. The molecule has 0 aliphatic carbocycles. The number of rotatable bonds is 4. The van der Waals surface area contributed by atoms with Gasteiger partial charge in [-0.1, -0.05) is 47.5 Å². The van der Waals surface area contributed by atoms with Crippen molar-refractivity contribution in [2.45, 2.75) is 6.54 Å². The molecule has 1 aliphatic heterocycles. The quantitative estimate of drug-likeness (QED) is 0.260. The van der Waals surface area contributed by atoms with E-state index in [1.165, 1.54) is 13.2 Å². The van der Waals surface area contributed by atoms with Crippen molar-refractivity contribution < 1.29 is 19.1 Å². The molecule has 0 atom stereocenters. The Labute approximate surface area is 198 Å². The maximum Gasteiger partial charge on any atom is 0.325 e. The van der Waals surface area contributed by atoms with Gasteiger partial charge in [0.1, 0.15) is 12.1 Å². The average Bonchev–Trinajstić information content (AvgIpc) is 3.11. The van der Waals surface area contributed by atoms with Gasteiger partial charge in [0.2, 0.25) is 0 Å². The van der Waals surface area contributed by atoms with Crippen molar-refractivity contribution in [2.75, 3.05) is 12.0 Å². The van der Waals surface area contributed by atoms with Crippen LogP contribution in [0.2, 0.25) is 10.0 Å². The van der Waals surface area contributed by atoms with E-state index in [9.17, 15) is 14.4 Å². The van der Waals surface area contributed by atoms with Gasteiger partial charge in [-0.2, -0.15) is 0 Å². The third kappa shape index (κ3) is 3.88. The Kier molecular flexibility index (Phi) is 6.01. The summed E-state index contributed by atoms with van der Waals surface area (Å²) in [6.45, 7) is -0.0192. The number of methoxy groups -OCH3 is 1. The molecule has 1 saturated heterocycles. The molecule has 0 bridgehead atoms. The van der Waals surface area contributed by atoms with Crippen molar-refractivity contribution in [3.05, 3.63) is 69.8 Å². The third-order valence-electron chi connectivity index (χ3n) is 4.92. The van der Waals surface area contributed by atoms with E-state index in [2.05, 4.69) is 5.32 Å². The minimum Gasteiger partial charge on any atom is -0.468 e. The standard InChI is InChI=1S/C22H15Cl2N3O4S/c1-31-18(28)11-26-10-12(13-5-2-3-7-16(13)26)9-14-20(29)25-22(32)27(21(14)30)17-8-4-6-15(23)19(17)24/h2-10H,11H2,1H3,(H,25,29,32). The van der Waals surface area contributed by atoms with Gasteiger partial charge in [-0.25, -0.2) is 0 Å². The van der Waals surface area contributed by atoms with Crippen molar-refractivity contribution in [1.29, 1.82) is 0 Å². The fraction of sp³-hybridized carbons (Fsp3) is 0.0909. The Morgan fingerprint density at radius 3 is 2.66 bits per heavy atom. The first-order chi connectivity index (χ1) is 15.3. The number of anilines is 1. The van der Waals surface area contributed by atoms with Gasteiger partial charge in [0, 0.05) is 22.7 Å². The molecule has 32 heavy (non-hydrogen) atoms. The van der Waals surface area contributed by atoms with Crippen molar-refractivity contribution in [3.63, 3.8) is 0 Å². The molecule has 10 heteroatoms. The van der Waals surface area contributed by atoms with Gasteiger partial charge in [-0.05, 0) is 36.5 Å². The minimum atomic E-state index is -0.646. The Hall–Kier alpha value is -3.20. The number of hydrogen-bond donors (Lipinski definition) is 1. The van der Waals surface area contributed by atoms with E-state index in [0.29, 0.717) is 5.56 Å². The van der Waals surface area contributed by atoms with Crippen LogP contribution >= 0.6 is 35.4 Å². The van der Waals surface area contributed by atoms with Gasteiger partial charge in [-0.15, -0.1) is 0 Å². The maximum atomic E-state index is 13.3. The highest BCUT2D eigenvalue weighted by Gasteiger charge is 2.36. The molecule has 0 spiro atoms. The first kappa shape index (κ1) is 22.0. The van der Waals surface area contributed by atoms with E-state index in [0.717, 1.165) is 15.8 Å². The molecule has 2 heterocycles. The van der Waals surface area contributed by atoms with Crippen molar-refractivity contribution in [3.8, 4) is 0 Å². The highest BCUT2D eigenvalue weighted by atomic mass is 35.5. The topological polar surface area (TPSA) is 80.6 Å². The second-order valence-electron chi connectivity index (χ2n) is 6.84. The van der Waals surface area contributed by atoms with Crippen LogP contribution in [0.15, 0.2) is 54.2 Å². The van der Waals surface area contributed by atoms with Crippen LogP contribution in [0, 0.1) is 0 Å². The highest BCUT2D eigenvalue weighted by Crippen LogP contribution is 2.34. The van der Waals surface area contributed by atoms with Gasteiger partial charge in [0.15, 0.2) is 5.11 Å². The number of carbonyl (C=O) groups excluding carboxylic acids is 3. The van der Waals surface area contributed by atoms with Crippen LogP contribution in [0.5, 0.6) is 0 Å². The molecule has 1 aliphatic rings. The lowest BCUT2D eigenvalue weighted by Gasteiger charge is -2.29. The van der Waals surface area contributed by atoms with E-state index >= 15 is 0 Å². The van der Waals surface area contributed by atoms with E-state index in [1.807, 2.05) is 24.3 Å². The van der Waals surface area contributed by atoms with E-state index < -0.39 is 17.8 Å². The number of hydrogen-bond acceptors (Lipinski definition) is 5. The normalized spacial score (nSPS) is 15.4. The molecule has 4 rings (SSSR count). The maximum absolute atomic E-state index is 13.3. The van der Waals surface area contributed by atoms with Crippen LogP contribution in [0.4, 0.5) is 5.69 Å². The fourth-order valence-corrected chi connectivity index (χ4v) is 4.08. The lowest BCUT2D eigenvalue weighted by Crippen LogP contribution is -2.54. The zero-order chi connectivity index (χ0) is 23.0. The van der Waals surface area contributed by atoms with Gasteiger partial charge in [0.25, 0.3) is 11.8 Å². The summed E-state index contributed by atoms with van der Waals surface area (Å²) >= 11 is 17.6. The molecule has 2 amide bonds. The molecule has 7 nitrogen and oxygen atoms in total. The van der Waals surface area contributed by atoms with Crippen molar-refractivity contribution in [2.24, 2.45) is 0 Å². The predicted molar refractivity (Wildman–Crippen MR) is 127 cm³/mol. The Bertz CT molecular complexity index is 1330.